The summed E-state index contributed by atoms with van der Waals surface area (Å²) in [4.78, 5) is 0. The molecule has 1 aromatic carbocycles. The molecule has 2 nitrogen and oxygen atoms in total. The van der Waals surface area contributed by atoms with Gasteiger partial charge < -0.3 is 10.5 Å². The summed E-state index contributed by atoms with van der Waals surface area (Å²) in [6, 6.07) is 4.45. The fourth-order valence-corrected chi connectivity index (χ4v) is 4.01. The molecule has 104 valence electrons. The summed E-state index contributed by atoms with van der Waals surface area (Å²) in [6.07, 6.45) is 6.97. The zero-order valence-electron chi connectivity index (χ0n) is 11.8. The van der Waals surface area contributed by atoms with Crippen LogP contribution in [0.4, 0.5) is 0 Å². The number of ether oxygens (including phenoxy) is 1. The summed E-state index contributed by atoms with van der Waals surface area (Å²) in [5.41, 5.74) is 8.99. The van der Waals surface area contributed by atoms with Crippen LogP contribution in [0.1, 0.15) is 57.1 Å². The minimum atomic E-state index is -0.136. The van der Waals surface area contributed by atoms with Crippen molar-refractivity contribution in [2.24, 2.45) is 5.73 Å². The van der Waals surface area contributed by atoms with Crippen molar-refractivity contribution in [1.82, 2.24) is 0 Å². The topological polar surface area (TPSA) is 35.2 Å². The Labute approximate surface area is 123 Å². The Morgan fingerprint density at radius 1 is 1.16 bits per heavy atom. The van der Waals surface area contributed by atoms with Crippen LogP contribution in [0.25, 0.3) is 0 Å². The van der Waals surface area contributed by atoms with E-state index in [2.05, 4.69) is 41.9 Å². The highest BCUT2D eigenvalue weighted by molar-refractivity contribution is 9.10. The van der Waals surface area contributed by atoms with Crippen LogP contribution in [-0.4, -0.2) is 5.60 Å². The highest BCUT2D eigenvalue weighted by Gasteiger charge is 2.35. The fourth-order valence-electron chi connectivity index (χ4n) is 3.43. The minimum absolute atomic E-state index is 0.0994. The first kappa shape index (κ1) is 13.4. The summed E-state index contributed by atoms with van der Waals surface area (Å²) in [7, 11) is 0. The average Bonchev–Trinajstić information content (AvgIpc) is 2.65. The SMILES string of the molecule is CC1(C)Cc2cc(C3(N)CCCCC3)cc(Br)c2O1. The Morgan fingerprint density at radius 2 is 1.84 bits per heavy atom. The molecule has 0 unspecified atom stereocenters. The summed E-state index contributed by atoms with van der Waals surface area (Å²) in [6.45, 7) is 4.27. The van der Waals surface area contributed by atoms with Crippen LogP contribution in [0.3, 0.4) is 0 Å². The van der Waals surface area contributed by atoms with E-state index in [1.165, 1.54) is 30.4 Å². The molecule has 0 radical (unpaired) electrons. The zero-order valence-corrected chi connectivity index (χ0v) is 13.3. The van der Waals surface area contributed by atoms with E-state index in [4.69, 9.17) is 10.5 Å². The highest BCUT2D eigenvalue weighted by atomic mass is 79.9. The number of fused-ring (bicyclic) bond motifs is 1. The molecule has 0 saturated heterocycles. The van der Waals surface area contributed by atoms with E-state index in [0.29, 0.717) is 0 Å². The molecule has 0 spiro atoms. The number of rotatable bonds is 1. The molecule has 19 heavy (non-hydrogen) atoms. The van der Waals surface area contributed by atoms with Crippen LogP contribution in [-0.2, 0) is 12.0 Å². The summed E-state index contributed by atoms with van der Waals surface area (Å²) in [5.74, 6) is 1.01. The van der Waals surface area contributed by atoms with Crippen molar-refractivity contribution in [3.05, 3.63) is 27.7 Å². The lowest BCUT2D eigenvalue weighted by atomic mass is 9.77. The number of hydrogen-bond acceptors (Lipinski definition) is 2. The Kier molecular flexibility index (Phi) is 3.18. The van der Waals surface area contributed by atoms with Gasteiger partial charge in [0.15, 0.2) is 0 Å². The van der Waals surface area contributed by atoms with Gasteiger partial charge in [-0.25, -0.2) is 0 Å². The Hall–Kier alpha value is -0.540. The summed E-state index contributed by atoms with van der Waals surface area (Å²) in [5, 5.41) is 0. The largest absolute Gasteiger partial charge is 0.486 e. The van der Waals surface area contributed by atoms with E-state index in [9.17, 15) is 0 Å². The predicted octanol–water partition coefficient (Wildman–Crippen LogP) is 4.28. The Bertz CT molecular complexity index is 504. The first-order valence-electron chi connectivity index (χ1n) is 7.20. The second kappa shape index (κ2) is 4.49. The van der Waals surface area contributed by atoms with Gasteiger partial charge in [-0.2, -0.15) is 0 Å². The van der Waals surface area contributed by atoms with Crippen LogP contribution >= 0.6 is 15.9 Å². The molecular weight excluding hydrogens is 302 g/mol. The van der Waals surface area contributed by atoms with E-state index >= 15 is 0 Å². The van der Waals surface area contributed by atoms with Gasteiger partial charge in [0, 0.05) is 12.0 Å². The predicted molar refractivity (Wildman–Crippen MR) is 81.5 cm³/mol. The zero-order chi connectivity index (χ0) is 13.7. The van der Waals surface area contributed by atoms with E-state index in [1.54, 1.807) is 0 Å². The Morgan fingerprint density at radius 3 is 2.53 bits per heavy atom. The molecule has 0 atom stereocenters. The fraction of sp³-hybridized carbons (Fsp3) is 0.625. The molecule has 3 heteroatoms. The number of nitrogens with two attached hydrogens (primary N) is 1. The maximum Gasteiger partial charge on any atom is 0.137 e. The lowest BCUT2D eigenvalue weighted by molar-refractivity contribution is 0.137. The van der Waals surface area contributed by atoms with Crippen molar-refractivity contribution in [3.63, 3.8) is 0 Å². The molecule has 0 amide bonds. The normalized spacial score (nSPS) is 23.8. The highest BCUT2D eigenvalue weighted by Crippen LogP contribution is 2.44. The van der Waals surface area contributed by atoms with Crippen LogP contribution in [0.15, 0.2) is 16.6 Å². The smallest absolute Gasteiger partial charge is 0.137 e. The average molecular weight is 324 g/mol. The van der Waals surface area contributed by atoms with E-state index < -0.39 is 0 Å². The molecule has 0 bridgehead atoms. The third-order valence-corrected chi connectivity index (χ3v) is 5.02. The molecule has 0 aromatic heterocycles. The maximum atomic E-state index is 6.65. The van der Waals surface area contributed by atoms with Gasteiger partial charge >= 0.3 is 0 Å². The van der Waals surface area contributed by atoms with Crippen molar-refractivity contribution < 1.29 is 4.74 Å². The van der Waals surface area contributed by atoms with Gasteiger partial charge in [-0.3, -0.25) is 0 Å². The van der Waals surface area contributed by atoms with Crippen molar-refractivity contribution in [2.75, 3.05) is 0 Å². The third kappa shape index (κ3) is 2.43. The molecular formula is C16H22BrNO. The molecule has 2 N–H and O–H groups in total. The van der Waals surface area contributed by atoms with Crippen molar-refractivity contribution in [3.8, 4) is 5.75 Å². The molecule has 1 aliphatic heterocycles. The number of hydrogen-bond donors (Lipinski definition) is 1. The Balaban J connectivity index is 2.00. The summed E-state index contributed by atoms with van der Waals surface area (Å²) >= 11 is 3.66. The van der Waals surface area contributed by atoms with Gasteiger partial charge in [-0.15, -0.1) is 0 Å². The van der Waals surface area contributed by atoms with Crippen molar-refractivity contribution in [2.45, 2.75) is 63.5 Å². The number of halogens is 1. The molecule has 1 fully saturated rings. The van der Waals surface area contributed by atoms with Gasteiger partial charge in [0.1, 0.15) is 11.4 Å². The van der Waals surface area contributed by atoms with Gasteiger partial charge in [0.2, 0.25) is 0 Å². The van der Waals surface area contributed by atoms with E-state index in [-0.39, 0.29) is 11.1 Å². The van der Waals surface area contributed by atoms with Gasteiger partial charge in [-0.1, -0.05) is 25.3 Å². The molecule has 3 rings (SSSR count). The van der Waals surface area contributed by atoms with Crippen LogP contribution in [0.5, 0.6) is 5.75 Å². The first-order chi connectivity index (χ1) is 8.90. The van der Waals surface area contributed by atoms with Crippen molar-refractivity contribution >= 4 is 15.9 Å². The summed E-state index contributed by atoms with van der Waals surface area (Å²) < 4.78 is 7.07. The molecule has 1 saturated carbocycles. The standard InChI is InChI=1S/C16H22BrNO/c1-15(2)10-11-8-12(9-13(17)14(11)19-15)16(18)6-4-3-5-7-16/h8-9H,3-7,10,18H2,1-2H3. The van der Waals surface area contributed by atoms with E-state index in [0.717, 1.165) is 29.5 Å². The third-order valence-electron chi connectivity index (χ3n) is 4.44. The van der Waals surface area contributed by atoms with Crippen molar-refractivity contribution in [1.29, 1.82) is 0 Å². The second-order valence-electron chi connectivity index (χ2n) is 6.70. The van der Waals surface area contributed by atoms with Gasteiger partial charge in [-0.05, 0) is 59.8 Å². The van der Waals surface area contributed by atoms with Crippen LogP contribution in [0, 0.1) is 0 Å². The lowest BCUT2D eigenvalue weighted by Crippen LogP contribution is -2.38. The lowest BCUT2D eigenvalue weighted by Gasteiger charge is -2.34. The molecule has 1 aromatic rings. The minimum Gasteiger partial charge on any atom is -0.486 e. The molecule has 2 aliphatic rings. The quantitative estimate of drug-likeness (QED) is 0.837. The second-order valence-corrected chi connectivity index (χ2v) is 7.56. The van der Waals surface area contributed by atoms with Gasteiger partial charge in [0.05, 0.1) is 4.47 Å². The number of benzene rings is 1. The van der Waals surface area contributed by atoms with Crippen LogP contribution < -0.4 is 10.5 Å². The molecule has 1 heterocycles. The monoisotopic (exact) mass is 323 g/mol. The first-order valence-corrected chi connectivity index (χ1v) is 8.00. The maximum absolute atomic E-state index is 6.65. The van der Waals surface area contributed by atoms with Crippen LogP contribution in [0.2, 0.25) is 0 Å². The van der Waals surface area contributed by atoms with E-state index in [1.807, 2.05) is 0 Å². The molecule has 1 aliphatic carbocycles. The van der Waals surface area contributed by atoms with Gasteiger partial charge in [0.25, 0.3) is 0 Å².